The van der Waals surface area contributed by atoms with Gasteiger partial charge in [-0.2, -0.15) is 13.2 Å². The van der Waals surface area contributed by atoms with E-state index in [0.29, 0.717) is 0 Å². The quantitative estimate of drug-likeness (QED) is 0.864. The summed E-state index contributed by atoms with van der Waals surface area (Å²) in [6.07, 6.45) is -4.41. The monoisotopic (exact) mass is 324 g/mol. The molecule has 1 atom stereocenters. The molecule has 0 aliphatic carbocycles. The van der Waals surface area contributed by atoms with E-state index in [0.717, 1.165) is 6.07 Å². The summed E-state index contributed by atoms with van der Waals surface area (Å²) >= 11 is 0. The van der Waals surface area contributed by atoms with Gasteiger partial charge in [0.15, 0.2) is 0 Å². The highest BCUT2D eigenvalue weighted by atomic mass is 19.4. The molecule has 4 nitrogen and oxygen atoms in total. The average Bonchev–Trinajstić information content (AvgIpc) is 2.78. The van der Waals surface area contributed by atoms with E-state index in [-0.39, 0.29) is 31.0 Å². The number of nitrogens with one attached hydrogen (secondary N) is 1. The molecule has 1 saturated heterocycles. The standard InChI is InChI=1S/C16H15F3N2O2/c1-2-5-14(22)20-12-8-15(23)21(10-12)9-11-6-3-4-7-13(11)16(17,18)19/h3-4,6-7,12H,8-10H2,1H3,(H,20,22)/t12-/m0/s1. The highest BCUT2D eigenvalue weighted by Gasteiger charge is 2.35. The number of benzene rings is 1. The maximum atomic E-state index is 13.0. The van der Waals surface area contributed by atoms with E-state index >= 15 is 0 Å². The molecule has 1 aliphatic rings. The Morgan fingerprint density at radius 3 is 2.74 bits per heavy atom. The Labute approximate surface area is 131 Å². The van der Waals surface area contributed by atoms with Crippen molar-refractivity contribution in [1.29, 1.82) is 0 Å². The molecule has 0 radical (unpaired) electrons. The molecule has 0 bridgehead atoms. The number of likely N-dealkylation sites (tertiary alicyclic amines) is 1. The number of nitrogens with zero attached hydrogens (tertiary/aromatic N) is 1. The van der Waals surface area contributed by atoms with E-state index in [4.69, 9.17) is 0 Å². The smallest absolute Gasteiger partial charge is 0.340 e. The van der Waals surface area contributed by atoms with E-state index < -0.39 is 23.7 Å². The molecule has 0 unspecified atom stereocenters. The van der Waals surface area contributed by atoms with Crippen LogP contribution >= 0.6 is 0 Å². The molecule has 1 aromatic carbocycles. The molecule has 1 N–H and O–H groups in total. The lowest BCUT2D eigenvalue weighted by molar-refractivity contribution is -0.139. The summed E-state index contributed by atoms with van der Waals surface area (Å²) in [6, 6.07) is 4.72. The van der Waals surface area contributed by atoms with Gasteiger partial charge in [-0.15, -0.1) is 0 Å². The minimum absolute atomic E-state index is 0.0358. The summed E-state index contributed by atoms with van der Waals surface area (Å²) in [5.41, 5.74) is -0.717. The van der Waals surface area contributed by atoms with Crippen molar-refractivity contribution < 1.29 is 22.8 Å². The number of hydrogen-bond acceptors (Lipinski definition) is 2. The Kier molecular flexibility index (Phi) is 4.94. The molecule has 0 saturated carbocycles. The van der Waals surface area contributed by atoms with Crippen molar-refractivity contribution >= 4 is 11.8 Å². The predicted octanol–water partition coefficient (Wildman–Crippen LogP) is 1.95. The summed E-state index contributed by atoms with van der Waals surface area (Å²) in [4.78, 5) is 24.7. The number of alkyl halides is 3. The molecule has 0 aromatic heterocycles. The zero-order valence-corrected chi connectivity index (χ0v) is 12.4. The fourth-order valence-electron chi connectivity index (χ4n) is 2.50. The topological polar surface area (TPSA) is 49.4 Å². The largest absolute Gasteiger partial charge is 0.416 e. The van der Waals surface area contributed by atoms with Crippen LogP contribution in [0, 0.1) is 11.8 Å². The third-order valence-electron chi connectivity index (χ3n) is 3.47. The van der Waals surface area contributed by atoms with E-state index in [2.05, 4.69) is 17.2 Å². The van der Waals surface area contributed by atoms with Gasteiger partial charge in [0.1, 0.15) is 0 Å². The van der Waals surface area contributed by atoms with Gasteiger partial charge >= 0.3 is 6.18 Å². The first-order valence-corrected chi connectivity index (χ1v) is 6.97. The van der Waals surface area contributed by atoms with Crippen molar-refractivity contribution in [1.82, 2.24) is 10.2 Å². The lowest BCUT2D eigenvalue weighted by Gasteiger charge is -2.20. The zero-order chi connectivity index (χ0) is 17.0. The second kappa shape index (κ2) is 6.73. The van der Waals surface area contributed by atoms with Crippen LogP contribution in [0.25, 0.3) is 0 Å². The molecule has 7 heteroatoms. The van der Waals surface area contributed by atoms with Crippen LogP contribution in [0.2, 0.25) is 0 Å². The number of halogens is 3. The normalized spacial score (nSPS) is 17.7. The van der Waals surface area contributed by atoms with Gasteiger partial charge < -0.3 is 10.2 Å². The maximum absolute atomic E-state index is 13.0. The summed E-state index contributed by atoms with van der Waals surface area (Å²) in [7, 11) is 0. The second-order valence-electron chi connectivity index (χ2n) is 5.18. The highest BCUT2D eigenvalue weighted by Crippen LogP contribution is 2.32. The maximum Gasteiger partial charge on any atom is 0.416 e. The van der Waals surface area contributed by atoms with Crippen LogP contribution < -0.4 is 5.32 Å². The molecule has 23 heavy (non-hydrogen) atoms. The number of hydrogen-bond donors (Lipinski definition) is 1. The van der Waals surface area contributed by atoms with Gasteiger partial charge in [-0.25, -0.2) is 0 Å². The molecule has 122 valence electrons. The molecular formula is C16H15F3N2O2. The minimum atomic E-state index is -4.47. The number of carbonyl (C=O) groups excluding carboxylic acids is 2. The van der Waals surface area contributed by atoms with Crippen molar-refractivity contribution in [3.8, 4) is 11.8 Å². The highest BCUT2D eigenvalue weighted by molar-refractivity contribution is 5.94. The lowest BCUT2D eigenvalue weighted by atomic mass is 10.1. The second-order valence-corrected chi connectivity index (χ2v) is 5.18. The summed E-state index contributed by atoms with van der Waals surface area (Å²) < 4.78 is 38.9. The molecule has 2 rings (SSSR count). The Morgan fingerprint density at radius 1 is 1.39 bits per heavy atom. The van der Waals surface area contributed by atoms with E-state index in [1.807, 2.05) is 0 Å². The third-order valence-corrected chi connectivity index (χ3v) is 3.47. The Bertz CT molecular complexity index is 674. The van der Waals surface area contributed by atoms with Crippen LogP contribution in [0.15, 0.2) is 24.3 Å². The fraction of sp³-hybridized carbons (Fsp3) is 0.375. The molecule has 0 spiro atoms. The minimum Gasteiger partial charge on any atom is -0.340 e. The Hall–Kier alpha value is -2.49. The van der Waals surface area contributed by atoms with Crippen LogP contribution in [0.3, 0.4) is 0 Å². The van der Waals surface area contributed by atoms with Crippen molar-refractivity contribution in [3.63, 3.8) is 0 Å². The molecule has 1 fully saturated rings. The van der Waals surface area contributed by atoms with E-state index in [1.165, 1.54) is 30.0 Å². The van der Waals surface area contributed by atoms with Gasteiger partial charge in [-0.3, -0.25) is 9.59 Å². The first-order valence-electron chi connectivity index (χ1n) is 6.97. The van der Waals surface area contributed by atoms with Crippen LogP contribution in [-0.2, 0) is 22.3 Å². The van der Waals surface area contributed by atoms with Crippen molar-refractivity contribution in [3.05, 3.63) is 35.4 Å². The SMILES string of the molecule is CC#CC(=O)N[C@H]1CC(=O)N(Cc2ccccc2C(F)(F)F)C1. The van der Waals surface area contributed by atoms with Crippen molar-refractivity contribution in [2.45, 2.75) is 32.1 Å². The van der Waals surface area contributed by atoms with Crippen LogP contribution in [0.1, 0.15) is 24.5 Å². The van der Waals surface area contributed by atoms with Gasteiger partial charge in [0.2, 0.25) is 5.91 Å². The number of carbonyl (C=O) groups is 2. The van der Waals surface area contributed by atoms with Gasteiger partial charge in [-0.05, 0) is 24.5 Å². The van der Waals surface area contributed by atoms with Gasteiger partial charge in [-0.1, -0.05) is 24.1 Å². The van der Waals surface area contributed by atoms with Crippen LogP contribution in [0.5, 0.6) is 0 Å². The van der Waals surface area contributed by atoms with E-state index in [9.17, 15) is 22.8 Å². The summed E-state index contributed by atoms with van der Waals surface area (Å²) in [6.45, 7) is 1.54. The number of amides is 2. The first kappa shape index (κ1) is 16.9. The number of rotatable bonds is 3. The van der Waals surface area contributed by atoms with Gasteiger partial charge in [0, 0.05) is 19.5 Å². The molecule has 1 aliphatic heterocycles. The van der Waals surface area contributed by atoms with Gasteiger partial charge in [0.05, 0.1) is 11.6 Å². The zero-order valence-electron chi connectivity index (χ0n) is 12.4. The Balaban J connectivity index is 2.08. The third kappa shape index (κ3) is 4.25. The summed E-state index contributed by atoms with van der Waals surface area (Å²) in [5.74, 6) is 3.95. The molecule has 2 amide bonds. The predicted molar refractivity (Wildman–Crippen MR) is 76.9 cm³/mol. The Morgan fingerprint density at radius 2 is 2.09 bits per heavy atom. The van der Waals surface area contributed by atoms with Crippen LogP contribution in [-0.4, -0.2) is 29.3 Å². The molecular weight excluding hydrogens is 309 g/mol. The van der Waals surface area contributed by atoms with Crippen molar-refractivity contribution in [2.24, 2.45) is 0 Å². The first-order chi connectivity index (χ1) is 10.8. The molecule has 1 aromatic rings. The summed E-state index contributed by atoms with van der Waals surface area (Å²) in [5, 5.41) is 2.57. The van der Waals surface area contributed by atoms with Crippen LogP contribution in [0.4, 0.5) is 13.2 Å². The van der Waals surface area contributed by atoms with E-state index in [1.54, 1.807) is 0 Å². The molecule has 1 heterocycles. The lowest BCUT2D eigenvalue weighted by Crippen LogP contribution is -2.36. The fourth-order valence-corrected chi connectivity index (χ4v) is 2.50. The van der Waals surface area contributed by atoms with Gasteiger partial charge in [0.25, 0.3) is 5.91 Å². The average molecular weight is 324 g/mol. The van der Waals surface area contributed by atoms with Crippen molar-refractivity contribution in [2.75, 3.05) is 6.54 Å².